The van der Waals surface area contributed by atoms with E-state index in [1.54, 1.807) is 37.3 Å². The van der Waals surface area contributed by atoms with Crippen molar-refractivity contribution < 1.29 is 14.4 Å². The van der Waals surface area contributed by atoms with E-state index in [2.05, 4.69) is 16.0 Å². The number of fused-ring (bicyclic) bond motifs is 1. The Morgan fingerprint density at radius 2 is 1.38 bits per heavy atom. The van der Waals surface area contributed by atoms with Gasteiger partial charge in [0.05, 0.1) is 0 Å². The summed E-state index contributed by atoms with van der Waals surface area (Å²) < 4.78 is 0. The van der Waals surface area contributed by atoms with Crippen molar-refractivity contribution in [2.45, 2.75) is 19.8 Å². The molecule has 3 N–H and O–H groups in total. The summed E-state index contributed by atoms with van der Waals surface area (Å²) in [5.74, 6) is -0.474. The fourth-order valence-electron chi connectivity index (χ4n) is 2.83. The predicted octanol–water partition coefficient (Wildman–Crippen LogP) is 3.95. The zero-order chi connectivity index (χ0) is 20.6. The lowest BCUT2D eigenvalue weighted by Crippen LogP contribution is -2.27. The Hall–Kier alpha value is -3.67. The highest BCUT2D eigenvalue weighted by atomic mass is 16.2. The number of rotatable bonds is 7. The van der Waals surface area contributed by atoms with Gasteiger partial charge in [0.1, 0.15) is 0 Å². The molecule has 3 rings (SSSR count). The number of hydrogen-bond donors (Lipinski definition) is 3. The SMILES string of the molecule is CCC(=O)Nc1ccc(NC(=O)CCNC(=O)c2ccc3ccccc3c2)cc1. The van der Waals surface area contributed by atoms with Gasteiger partial charge in [-0.2, -0.15) is 0 Å². The predicted molar refractivity (Wildman–Crippen MR) is 115 cm³/mol. The molecular weight excluding hydrogens is 366 g/mol. The minimum atomic E-state index is -0.209. The van der Waals surface area contributed by atoms with Crippen LogP contribution in [0.4, 0.5) is 11.4 Å². The average molecular weight is 389 g/mol. The van der Waals surface area contributed by atoms with Crippen molar-refractivity contribution in [2.75, 3.05) is 17.2 Å². The smallest absolute Gasteiger partial charge is 0.251 e. The second-order valence-corrected chi connectivity index (χ2v) is 6.60. The zero-order valence-electron chi connectivity index (χ0n) is 16.2. The third kappa shape index (κ3) is 5.65. The van der Waals surface area contributed by atoms with Crippen LogP contribution >= 0.6 is 0 Å². The lowest BCUT2D eigenvalue weighted by atomic mass is 10.1. The molecule has 0 atom stereocenters. The van der Waals surface area contributed by atoms with E-state index in [-0.39, 0.29) is 30.7 Å². The summed E-state index contributed by atoms with van der Waals surface area (Å²) in [4.78, 5) is 35.8. The van der Waals surface area contributed by atoms with E-state index >= 15 is 0 Å². The monoisotopic (exact) mass is 389 g/mol. The minimum absolute atomic E-state index is 0.0658. The van der Waals surface area contributed by atoms with Gasteiger partial charge in [0.2, 0.25) is 11.8 Å². The van der Waals surface area contributed by atoms with Gasteiger partial charge in [0.15, 0.2) is 0 Å². The van der Waals surface area contributed by atoms with Crippen molar-refractivity contribution in [2.24, 2.45) is 0 Å². The Bertz CT molecular complexity index is 1030. The van der Waals surface area contributed by atoms with Crippen LogP contribution in [-0.4, -0.2) is 24.3 Å². The molecule has 29 heavy (non-hydrogen) atoms. The normalized spacial score (nSPS) is 10.4. The number of carbonyl (C=O) groups excluding carboxylic acids is 3. The molecule has 6 nitrogen and oxygen atoms in total. The first kappa shape index (κ1) is 20.1. The Labute approximate surface area is 169 Å². The van der Waals surface area contributed by atoms with Crippen molar-refractivity contribution in [1.29, 1.82) is 0 Å². The quantitative estimate of drug-likeness (QED) is 0.572. The highest BCUT2D eigenvalue weighted by Gasteiger charge is 2.08. The topological polar surface area (TPSA) is 87.3 Å². The largest absolute Gasteiger partial charge is 0.352 e. The van der Waals surface area contributed by atoms with Crippen LogP contribution in [0.15, 0.2) is 66.7 Å². The van der Waals surface area contributed by atoms with E-state index in [9.17, 15) is 14.4 Å². The number of carbonyl (C=O) groups is 3. The van der Waals surface area contributed by atoms with Crippen molar-refractivity contribution in [3.05, 3.63) is 72.3 Å². The summed E-state index contributed by atoms with van der Waals surface area (Å²) in [5.41, 5.74) is 1.87. The molecule has 0 unspecified atom stereocenters. The van der Waals surface area contributed by atoms with Crippen LogP contribution in [0.5, 0.6) is 0 Å². The Kier molecular flexibility index (Phi) is 6.58. The first-order valence-corrected chi connectivity index (χ1v) is 9.52. The van der Waals surface area contributed by atoms with Gasteiger partial charge in [-0.1, -0.05) is 37.3 Å². The van der Waals surface area contributed by atoms with Crippen molar-refractivity contribution in [3.8, 4) is 0 Å². The zero-order valence-corrected chi connectivity index (χ0v) is 16.2. The van der Waals surface area contributed by atoms with Gasteiger partial charge in [-0.15, -0.1) is 0 Å². The number of hydrogen-bond acceptors (Lipinski definition) is 3. The molecule has 0 aliphatic rings. The maximum atomic E-state index is 12.3. The maximum Gasteiger partial charge on any atom is 0.251 e. The number of nitrogens with one attached hydrogen (secondary N) is 3. The Morgan fingerprint density at radius 3 is 2.03 bits per heavy atom. The summed E-state index contributed by atoms with van der Waals surface area (Å²) in [7, 11) is 0. The summed E-state index contributed by atoms with van der Waals surface area (Å²) in [5, 5.41) is 10.4. The molecule has 0 radical (unpaired) electrons. The van der Waals surface area contributed by atoms with Gasteiger partial charge in [-0.25, -0.2) is 0 Å². The fourth-order valence-corrected chi connectivity index (χ4v) is 2.83. The molecule has 0 aromatic heterocycles. The summed E-state index contributed by atoms with van der Waals surface area (Å²) in [6.45, 7) is 2.02. The van der Waals surface area contributed by atoms with E-state index < -0.39 is 0 Å². The molecule has 0 heterocycles. The van der Waals surface area contributed by atoms with Crippen LogP contribution in [0.2, 0.25) is 0 Å². The minimum Gasteiger partial charge on any atom is -0.352 e. The van der Waals surface area contributed by atoms with E-state index in [0.717, 1.165) is 10.8 Å². The maximum absolute atomic E-state index is 12.3. The van der Waals surface area contributed by atoms with Crippen LogP contribution < -0.4 is 16.0 Å². The van der Waals surface area contributed by atoms with Gasteiger partial charge < -0.3 is 16.0 Å². The van der Waals surface area contributed by atoms with Crippen LogP contribution in [0.25, 0.3) is 10.8 Å². The summed E-state index contributed by atoms with van der Waals surface area (Å²) >= 11 is 0. The summed E-state index contributed by atoms with van der Waals surface area (Å²) in [6, 6.07) is 20.2. The fraction of sp³-hybridized carbons (Fsp3) is 0.174. The Balaban J connectivity index is 1.46. The molecule has 0 spiro atoms. The molecule has 3 amide bonds. The van der Waals surface area contributed by atoms with E-state index in [0.29, 0.717) is 23.4 Å². The number of benzene rings is 3. The first-order valence-electron chi connectivity index (χ1n) is 9.52. The van der Waals surface area contributed by atoms with Crippen molar-refractivity contribution >= 4 is 39.9 Å². The lowest BCUT2D eigenvalue weighted by molar-refractivity contribution is -0.116. The standard InChI is InChI=1S/C23H23N3O3/c1-2-21(27)25-19-9-11-20(12-10-19)26-22(28)13-14-24-23(29)18-8-7-16-5-3-4-6-17(16)15-18/h3-12,15H,2,13-14H2,1H3,(H,24,29)(H,25,27)(H,26,28). The van der Waals surface area contributed by atoms with Crippen LogP contribution in [-0.2, 0) is 9.59 Å². The number of amides is 3. The molecule has 148 valence electrons. The van der Waals surface area contributed by atoms with Crippen molar-refractivity contribution in [3.63, 3.8) is 0 Å². The molecule has 0 fully saturated rings. The summed E-state index contributed by atoms with van der Waals surface area (Å²) in [6.07, 6.45) is 0.567. The second kappa shape index (κ2) is 9.50. The third-order valence-electron chi connectivity index (χ3n) is 4.42. The first-order chi connectivity index (χ1) is 14.0. The molecule has 3 aromatic carbocycles. The molecule has 3 aromatic rings. The Morgan fingerprint density at radius 1 is 0.759 bits per heavy atom. The van der Waals surface area contributed by atoms with Crippen LogP contribution in [0.3, 0.4) is 0 Å². The molecule has 0 saturated carbocycles. The highest BCUT2D eigenvalue weighted by Crippen LogP contribution is 2.16. The highest BCUT2D eigenvalue weighted by molar-refractivity contribution is 5.99. The van der Waals surface area contributed by atoms with Gasteiger partial charge in [-0.05, 0) is 47.2 Å². The molecule has 0 bridgehead atoms. The van der Waals surface area contributed by atoms with E-state index in [1.165, 1.54) is 0 Å². The van der Waals surface area contributed by atoms with Gasteiger partial charge in [0.25, 0.3) is 5.91 Å². The average Bonchev–Trinajstić information content (AvgIpc) is 2.74. The van der Waals surface area contributed by atoms with Crippen LogP contribution in [0, 0.1) is 0 Å². The lowest BCUT2D eigenvalue weighted by Gasteiger charge is -2.09. The molecule has 0 aliphatic carbocycles. The van der Waals surface area contributed by atoms with E-state index in [1.807, 2.05) is 36.4 Å². The van der Waals surface area contributed by atoms with Crippen LogP contribution in [0.1, 0.15) is 30.1 Å². The molecule has 0 aliphatic heterocycles. The second-order valence-electron chi connectivity index (χ2n) is 6.60. The number of anilines is 2. The molecule has 6 heteroatoms. The van der Waals surface area contributed by atoms with E-state index in [4.69, 9.17) is 0 Å². The molecule has 0 saturated heterocycles. The molecular formula is C23H23N3O3. The van der Waals surface area contributed by atoms with Crippen molar-refractivity contribution in [1.82, 2.24) is 5.32 Å². The van der Waals surface area contributed by atoms with Gasteiger partial charge in [0, 0.05) is 36.3 Å². The van der Waals surface area contributed by atoms with Gasteiger partial charge >= 0.3 is 0 Å². The van der Waals surface area contributed by atoms with Gasteiger partial charge in [-0.3, -0.25) is 14.4 Å². The third-order valence-corrected chi connectivity index (χ3v) is 4.42.